The molecule has 2 rings (SSSR count). The van der Waals surface area contributed by atoms with Gasteiger partial charge >= 0.3 is 11.9 Å². The second kappa shape index (κ2) is 13.2. The van der Waals surface area contributed by atoms with E-state index in [1.807, 2.05) is 6.92 Å². The third-order valence-corrected chi connectivity index (χ3v) is 6.34. The van der Waals surface area contributed by atoms with Crippen molar-refractivity contribution in [1.29, 1.82) is 0 Å². The van der Waals surface area contributed by atoms with E-state index >= 15 is 0 Å². The molecule has 11 heteroatoms. The summed E-state index contributed by atoms with van der Waals surface area (Å²) in [5.41, 5.74) is 1.18. The average molecular weight is 505 g/mol. The van der Waals surface area contributed by atoms with Gasteiger partial charge in [0.05, 0.1) is 29.2 Å². The molecule has 0 radical (unpaired) electrons. The fraction of sp³-hybridized carbons (Fsp3) is 0.333. The van der Waals surface area contributed by atoms with Crippen LogP contribution in [-0.2, 0) is 33.7 Å². The van der Waals surface area contributed by atoms with E-state index in [4.69, 9.17) is 9.47 Å². The molecule has 0 aliphatic heterocycles. The van der Waals surface area contributed by atoms with Crippen LogP contribution >= 0.6 is 0 Å². The molecule has 0 atom stereocenters. The summed E-state index contributed by atoms with van der Waals surface area (Å²) >= 11 is 0. The number of sulfone groups is 1. The van der Waals surface area contributed by atoms with Gasteiger partial charge in [-0.25, -0.2) is 13.2 Å². The van der Waals surface area contributed by atoms with Crippen LogP contribution in [0.3, 0.4) is 0 Å². The Morgan fingerprint density at radius 3 is 2.06 bits per heavy atom. The summed E-state index contributed by atoms with van der Waals surface area (Å²) in [7, 11) is -3.76. The van der Waals surface area contributed by atoms with E-state index in [9.17, 15) is 27.6 Å². The van der Waals surface area contributed by atoms with Crippen LogP contribution < -0.4 is 10.6 Å². The third-order valence-electron chi connectivity index (χ3n) is 4.61. The van der Waals surface area contributed by atoms with Crippen LogP contribution in [0.4, 0.5) is 11.4 Å². The highest BCUT2D eigenvalue weighted by atomic mass is 32.2. The van der Waals surface area contributed by atoms with Crippen LogP contribution in [0.15, 0.2) is 53.4 Å². The number of unbranched alkanes of at least 4 members (excludes halogenated alkanes) is 1. The van der Waals surface area contributed by atoms with Crippen LogP contribution in [0, 0.1) is 0 Å². The molecule has 0 saturated carbocycles. The molecule has 10 nitrogen and oxygen atoms in total. The molecular weight excluding hydrogens is 476 g/mol. The van der Waals surface area contributed by atoms with Gasteiger partial charge in [-0.15, -0.1) is 0 Å². The number of carbonyl (C=O) groups is 4. The highest BCUT2D eigenvalue weighted by Crippen LogP contribution is 2.16. The second-order valence-electron chi connectivity index (χ2n) is 7.55. The Morgan fingerprint density at radius 1 is 0.857 bits per heavy atom. The first-order chi connectivity index (χ1) is 16.6. The van der Waals surface area contributed by atoms with Crippen LogP contribution in [0.25, 0.3) is 0 Å². The van der Waals surface area contributed by atoms with Gasteiger partial charge < -0.3 is 20.1 Å². The van der Waals surface area contributed by atoms with Gasteiger partial charge in [0.15, 0.2) is 16.4 Å². The van der Waals surface area contributed by atoms with Crippen molar-refractivity contribution in [3.63, 3.8) is 0 Å². The van der Waals surface area contributed by atoms with Gasteiger partial charge in [0.2, 0.25) is 5.91 Å². The Kier molecular flexibility index (Phi) is 10.4. The third kappa shape index (κ3) is 9.57. The molecule has 188 valence electrons. The van der Waals surface area contributed by atoms with Gasteiger partial charge in [-0.05, 0) is 55.0 Å². The molecule has 2 aromatic carbocycles. The molecule has 0 heterocycles. The quantitative estimate of drug-likeness (QED) is 0.331. The molecule has 35 heavy (non-hydrogen) atoms. The Morgan fingerprint density at radius 2 is 1.46 bits per heavy atom. The van der Waals surface area contributed by atoms with Gasteiger partial charge in [0.25, 0.3) is 5.91 Å². The zero-order valence-corrected chi connectivity index (χ0v) is 20.4. The van der Waals surface area contributed by atoms with Crippen molar-refractivity contribution in [1.82, 2.24) is 0 Å². The number of esters is 2. The second-order valence-corrected chi connectivity index (χ2v) is 9.66. The first-order valence-corrected chi connectivity index (χ1v) is 12.6. The normalized spacial score (nSPS) is 10.8. The highest BCUT2D eigenvalue weighted by Gasteiger charge is 2.18. The largest absolute Gasteiger partial charge is 0.462 e. The van der Waals surface area contributed by atoms with Crippen molar-refractivity contribution in [2.75, 3.05) is 29.6 Å². The number of rotatable bonds is 12. The summed E-state index contributed by atoms with van der Waals surface area (Å²) in [6, 6.07) is 11.6. The Bertz CT molecular complexity index is 1140. The first-order valence-electron chi connectivity index (χ1n) is 10.9. The predicted octanol–water partition coefficient (Wildman–Crippen LogP) is 2.95. The molecule has 0 bridgehead atoms. The summed E-state index contributed by atoms with van der Waals surface area (Å²) in [6.45, 7) is 3.07. The Balaban J connectivity index is 1.77. The SMILES string of the molecule is CCCCOC(=O)c1ccc(NC(=O)COC(=O)CCS(=O)(=O)c2ccc(NC(C)=O)cc2)cc1. The van der Waals surface area contributed by atoms with Crippen LogP contribution in [0.1, 0.15) is 43.5 Å². The van der Waals surface area contributed by atoms with Crippen LogP contribution in [0.2, 0.25) is 0 Å². The van der Waals surface area contributed by atoms with Gasteiger partial charge in [-0.1, -0.05) is 13.3 Å². The molecule has 0 aliphatic carbocycles. The number of ether oxygens (including phenoxy) is 2. The lowest BCUT2D eigenvalue weighted by Gasteiger charge is -2.09. The molecule has 2 aromatic rings. The molecule has 2 amide bonds. The van der Waals surface area contributed by atoms with E-state index in [1.165, 1.54) is 55.5 Å². The summed E-state index contributed by atoms with van der Waals surface area (Å²) in [5.74, 6) is -2.70. The lowest BCUT2D eigenvalue weighted by molar-refractivity contribution is -0.146. The van der Waals surface area contributed by atoms with E-state index < -0.39 is 46.5 Å². The molecule has 0 fully saturated rings. The topological polar surface area (TPSA) is 145 Å². The number of benzene rings is 2. The van der Waals surface area contributed by atoms with Crippen LogP contribution in [0.5, 0.6) is 0 Å². The van der Waals surface area contributed by atoms with Crippen molar-refractivity contribution in [2.24, 2.45) is 0 Å². The minimum absolute atomic E-state index is 0.00478. The summed E-state index contributed by atoms with van der Waals surface area (Å²) in [4.78, 5) is 46.8. The monoisotopic (exact) mass is 504 g/mol. The number of carbonyl (C=O) groups excluding carboxylic acids is 4. The van der Waals surface area contributed by atoms with E-state index in [-0.39, 0.29) is 10.8 Å². The molecule has 2 N–H and O–H groups in total. The van der Waals surface area contributed by atoms with E-state index in [1.54, 1.807) is 0 Å². The average Bonchev–Trinajstić information content (AvgIpc) is 2.82. The van der Waals surface area contributed by atoms with Gasteiger partial charge in [0, 0.05) is 18.3 Å². The molecule has 0 spiro atoms. The fourth-order valence-electron chi connectivity index (χ4n) is 2.78. The number of hydrogen-bond acceptors (Lipinski definition) is 8. The zero-order chi connectivity index (χ0) is 25.8. The summed E-state index contributed by atoms with van der Waals surface area (Å²) in [5, 5.41) is 5.05. The maximum absolute atomic E-state index is 12.4. The Labute approximate surface area is 203 Å². The maximum Gasteiger partial charge on any atom is 0.338 e. The number of amides is 2. The molecule has 0 aliphatic rings. The molecule has 0 saturated heterocycles. The van der Waals surface area contributed by atoms with Gasteiger partial charge in [-0.2, -0.15) is 0 Å². The fourth-order valence-corrected chi connectivity index (χ4v) is 4.00. The van der Waals surface area contributed by atoms with E-state index in [2.05, 4.69) is 10.6 Å². The molecule has 0 aromatic heterocycles. The maximum atomic E-state index is 12.4. The van der Waals surface area contributed by atoms with Crippen LogP contribution in [-0.4, -0.2) is 51.1 Å². The van der Waals surface area contributed by atoms with Crippen molar-refractivity contribution >= 4 is 45.0 Å². The number of nitrogens with one attached hydrogen (secondary N) is 2. The summed E-state index contributed by atoms with van der Waals surface area (Å²) in [6.07, 6.45) is 1.25. The van der Waals surface area contributed by atoms with E-state index in [0.717, 1.165) is 12.8 Å². The highest BCUT2D eigenvalue weighted by molar-refractivity contribution is 7.91. The standard InChI is InChI=1S/C24H28N2O8S/c1-3-4-14-33-24(30)18-5-7-20(8-6-18)26-22(28)16-34-23(29)13-15-35(31,32)21-11-9-19(10-12-21)25-17(2)27/h5-12H,3-4,13-16H2,1-2H3,(H,25,27)(H,26,28). The molecular formula is C24H28N2O8S. The molecule has 0 unspecified atom stereocenters. The zero-order valence-electron chi connectivity index (χ0n) is 19.5. The lowest BCUT2D eigenvalue weighted by atomic mass is 10.2. The summed E-state index contributed by atoms with van der Waals surface area (Å²) < 4.78 is 34.7. The van der Waals surface area contributed by atoms with Gasteiger partial charge in [-0.3, -0.25) is 14.4 Å². The van der Waals surface area contributed by atoms with Gasteiger partial charge in [0.1, 0.15) is 0 Å². The number of anilines is 2. The van der Waals surface area contributed by atoms with Crippen molar-refractivity contribution < 1.29 is 37.1 Å². The van der Waals surface area contributed by atoms with Crippen molar-refractivity contribution in [3.8, 4) is 0 Å². The Hall–Kier alpha value is -3.73. The minimum Gasteiger partial charge on any atom is -0.462 e. The smallest absolute Gasteiger partial charge is 0.338 e. The van der Waals surface area contributed by atoms with Crippen molar-refractivity contribution in [2.45, 2.75) is 38.0 Å². The first kappa shape index (κ1) is 27.5. The van der Waals surface area contributed by atoms with Crippen molar-refractivity contribution in [3.05, 3.63) is 54.1 Å². The predicted molar refractivity (Wildman–Crippen MR) is 129 cm³/mol. The number of hydrogen-bond donors (Lipinski definition) is 2. The minimum atomic E-state index is -3.76. The van der Waals surface area contributed by atoms with E-state index in [0.29, 0.717) is 23.5 Å². The lowest BCUT2D eigenvalue weighted by Crippen LogP contribution is -2.22.